The Morgan fingerprint density at radius 1 is 0.892 bits per heavy atom. The summed E-state index contributed by atoms with van der Waals surface area (Å²) in [5, 5.41) is 10.8. The summed E-state index contributed by atoms with van der Waals surface area (Å²) in [4.78, 5) is 0. The molecule has 0 spiro atoms. The number of anilines is 2. The first-order valence-corrected chi connectivity index (χ1v) is 14.4. The molecule has 0 aromatic heterocycles. The Balaban J connectivity index is 1.34. The number of hydrogen-bond donors (Lipinski definition) is 1. The van der Waals surface area contributed by atoms with Crippen LogP contribution in [0, 0.1) is 0 Å². The molecule has 1 N–H and O–H groups in total. The predicted molar refractivity (Wildman–Crippen MR) is 145 cm³/mol. The van der Waals surface area contributed by atoms with Crippen molar-refractivity contribution in [1.82, 2.24) is 0 Å². The number of aliphatic hydroxyl groups excluding tert-OH is 1. The molecule has 0 amide bonds. The van der Waals surface area contributed by atoms with Crippen LogP contribution in [0.4, 0.5) is 11.4 Å². The van der Waals surface area contributed by atoms with Crippen molar-refractivity contribution in [2.45, 2.75) is 44.5 Å². The van der Waals surface area contributed by atoms with Crippen molar-refractivity contribution in [2.24, 2.45) is 0 Å². The van der Waals surface area contributed by atoms with E-state index in [9.17, 15) is 13.5 Å². The van der Waals surface area contributed by atoms with Gasteiger partial charge in [-0.05, 0) is 68.0 Å². The molecule has 0 bridgehead atoms. The first kappa shape index (κ1) is 27.1. The summed E-state index contributed by atoms with van der Waals surface area (Å²) in [5.41, 5.74) is 1.97. The molecule has 1 aliphatic heterocycles. The van der Waals surface area contributed by atoms with Gasteiger partial charge in [0.2, 0.25) is 10.0 Å². The molecule has 0 radical (unpaired) electrons. The molecular formula is C29H35NO6S. The third-order valence-corrected chi connectivity index (χ3v) is 7.95. The second-order valence-electron chi connectivity index (χ2n) is 9.03. The number of nitrogens with zero attached hydrogens (tertiary/aromatic N) is 1. The highest BCUT2D eigenvalue weighted by atomic mass is 32.2. The average molecular weight is 526 g/mol. The highest BCUT2D eigenvalue weighted by molar-refractivity contribution is 7.93. The first-order valence-electron chi connectivity index (χ1n) is 12.8. The lowest BCUT2D eigenvalue weighted by Crippen LogP contribution is -2.34. The smallest absolute Gasteiger partial charge is 0.242 e. The van der Waals surface area contributed by atoms with Crippen molar-refractivity contribution in [1.29, 1.82) is 0 Å². The van der Waals surface area contributed by atoms with E-state index in [2.05, 4.69) is 0 Å². The van der Waals surface area contributed by atoms with E-state index in [-0.39, 0.29) is 12.7 Å². The standard InChI is InChI=1S/C29H35NO6S/c31-27(23-37(32,33)30(25-12-3-1-4-13-25)26-14-5-2-6-15-26)19-18-24-11-7-8-16-28(24)34-21-22-36-29-17-9-10-20-35-29/h1-8,11-16,27,29,31H,9-10,17-23H2. The summed E-state index contributed by atoms with van der Waals surface area (Å²) in [6.07, 6.45) is 2.66. The van der Waals surface area contributed by atoms with Gasteiger partial charge < -0.3 is 19.3 Å². The Hall–Kier alpha value is -2.91. The third kappa shape index (κ3) is 8.04. The van der Waals surface area contributed by atoms with Crippen LogP contribution in [0.15, 0.2) is 84.9 Å². The van der Waals surface area contributed by atoms with Crippen LogP contribution in [0.5, 0.6) is 5.75 Å². The van der Waals surface area contributed by atoms with Crippen LogP contribution < -0.4 is 9.04 Å². The maximum Gasteiger partial charge on any atom is 0.242 e. The summed E-state index contributed by atoms with van der Waals surface area (Å²) < 4.78 is 45.4. The fourth-order valence-electron chi connectivity index (χ4n) is 4.35. The van der Waals surface area contributed by atoms with Gasteiger partial charge in [-0.15, -0.1) is 0 Å². The number of hydrogen-bond acceptors (Lipinski definition) is 6. The highest BCUT2D eigenvalue weighted by Crippen LogP contribution is 2.29. The van der Waals surface area contributed by atoms with Crippen LogP contribution in [-0.2, 0) is 25.9 Å². The summed E-state index contributed by atoms with van der Waals surface area (Å²) >= 11 is 0. The Morgan fingerprint density at radius 3 is 2.19 bits per heavy atom. The fraction of sp³-hybridized carbons (Fsp3) is 0.379. The minimum absolute atomic E-state index is 0.156. The highest BCUT2D eigenvalue weighted by Gasteiger charge is 2.27. The molecular weight excluding hydrogens is 490 g/mol. The molecule has 1 fully saturated rings. The number of para-hydroxylation sites is 3. The zero-order valence-electron chi connectivity index (χ0n) is 20.9. The number of aliphatic hydroxyl groups is 1. The zero-order valence-corrected chi connectivity index (χ0v) is 21.8. The largest absolute Gasteiger partial charge is 0.491 e. The minimum Gasteiger partial charge on any atom is -0.491 e. The monoisotopic (exact) mass is 525 g/mol. The summed E-state index contributed by atoms with van der Waals surface area (Å²) in [5.74, 6) is 0.315. The second kappa shape index (κ2) is 13.6. The van der Waals surface area contributed by atoms with Crippen molar-refractivity contribution in [3.8, 4) is 5.75 Å². The van der Waals surface area contributed by atoms with E-state index in [1.54, 1.807) is 48.5 Å². The van der Waals surface area contributed by atoms with Gasteiger partial charge in [0.25, 0.3) is 0 Å². The van der Waals surface area contributed by atoms with E-state index in [4.69, 9.17) is 14.2 Å². The zero-order chi connectivity index (χ0) is 25.9. The maximum atomic E-state index is 13.4. The molecule has 3 aromatic rings. The Morgan fingerprint density at radius 2 is 1.54 bits per heavy atom. The summed E-state index contributed by atoms with van der Waals surface area (Å²) in [6, 6.07) is 25.4. The lowest BCUT2D eigenvalue weighted by Gasteiger charge is -2.26. The second-order valence-corrected chi connectivity index (χ2v) is 10.9. The molecule has 1 heterocycles. The van der Waals surface area contributed by atoms with Gasteiger partial charge in [-0.3, -0.25) is 0 Å². The van der Waals surface area contributed by atoms with Gasteiger partial charge in [-0.2, -0.15) is 0 Å². The number of sulfonamides is 1. The van der Waals surface area contributed by atoms with Crippen molar-refractivity contribution in [2.75, 3.05) is 29.9 Å². The minimum atomic E-state index is -3.85. The van der Waals surface area contributed by atoms with E-state index in [1.807, 2.05) is 36.4 Å². The van der Waals surface area contributed by atoms with E-state index in [0.29, 0.717) is 36.8 Å². The number of rotatable bonds is 13. The van der Waals surface area contributed by atoms with E-state index in [1.165, 1.54) is 4.31 Å². The van der Waals surface area contributed by atoms with Crippen molar-refractivity contribution >= 4 is 21.4 Å². The molecule has 2 atom stereocenters. The molecule has 1 aliphatic rings. The molecule has 2 unspecified atom stereocenters. The molecule has 198 valence electrons. The van der Waals surface area contributed by atoms with Gasteiger partial charge in [-0.25, -0.2) is 12.7 Å². The van der Waals surface area contributed by atoms with Crippen LogP contribution in [0.1, 0.15) is 31.2 Å². The topological polar surface area (TPSA) is 85.3 Å². The van der Waals surface area contributed by atoms with Crippen LogP contribution in [-0.4, -0.2) is 51.5 Å². The van der Waals surface area contributed by atoms with Crippen molar-refractivity contribution in [3.05, 3.63) is 90.5 Å². The summed E-state index contributed by atoms with van der Waals surface area (Å²) in [7, 11) is -3.85. The maximum absolute atomic E-state index is 13.4. The number of benzene rings is 3. The first-order chi connectivity index (χ1) is 18.0. The number of ether oxygens (including phenoxy) is 3. The van der Waals surface area contributed by atoms with Gasteiger partial charge in [0.05, 0.1) is 29.8 Å². The van der Waals surface area contributed by atoms with E-state index in [0.717, 1.165) is 31.4 Å². The van der Waals surface area contributed by atoms with Gasteiger partial charge in [0, 0.05) is 6.61 Å². The number of aryl methyl sites for hydroxylation is 1. The average Bonchev–Trinajstić information content (AvgIpc) is 2.92. The predicted octanol–water partition coefficient (Wildman–Crippen LogP) is 5.07. The molecule has 3 aromatic carbocycles. The molecule has 0 saturated carbocycles. The third-order valence-electron chi connectivity index (χ3n) is 6.16. The molecule has 0 aliphatic carbocycles. The Bertz CT molecular complexity index is 1140. The van der Waals surface area contributed by atoms with Gasteiger partial charge in [0.15, 0.2) is 6.29 Å². The van der Waals surface area contributed by atoms with Crippen LogP contribution in [0.2, 0.25) is 0 Å². The van der Waals surface area contributed by atoms with Gasteiger partial charge in [-0.1, -0.05) is 54.6 Å². The van der Waals surface area contributed by atoms with Crippen LogP contribution in [0.25, 0.3) is 0 Å². The summed E-state index contributed by atoms with van der Waals surface area (Å²) in [6.45, 7) is 1.55. The van der Waals surface area contributed by atoms with Crippen LogP contribution >= 0.6 is 0 Å². The lowest BCUT2D eigenvalue weighted by molar-refractivity contribution is -0.165. The molecule has 1 saturated heterocycles. The van der Waals surface area contributed by atoms with E-state index >= 15 is 0 Å². The van der Waals surface area contributed by atoms with Gasteiger partial charge >= 0.3 is 0 Å². The normalized spacial score (nSPS) is 16.7. The molecule has 7 nitrogen and oxygen atoms in total. The van der Waals surface area contributed by atoms with E-state index < -0.39 is 21.9 Å². The molecule has 37 heavy (non-hydrogen) atoms. The van der Waals surface area contributed by atoms with Gasteiger partial charge in [0.1, 0.15) is 12.4 Å². The Kier molecular flexibility index (Phi) is 9.96. The van der Waals surface area contributed by atoms with Crippen molar-refractivity contribution in [3.63, 3.8) is 0 Å². The SMILES string of the molecule is O=S(=O)(CC(O)CCc1ccccc1OCCOC1CCCCO1)N(c1ccccc1)c1ccccc1. The fourth-order valence-corrected chi connectivity index (χ4v) is 6.03. The quantitative estimate of drug-likeness (QED) is 0.314. The molecule has 8 heteroatoms. The van der Waals surface area contributed by atoms with Crippen LogP contribution in [0.3, 0.4) is 0 Å². The Labute approximate surface area is 219 Å². The molecule has 4 rings (SSSR count). The lowest BCUT2D eigenvalue weighted by atomic mass is 10.1. The van der Waals surface area contributed by atoms with Crippen molar-refractivity contribution < 1.29 is 27.7 Å².